The van der Waals surface area contributed by atoms with Crippen LogP contribution in [0.5, 0.6) is 0 Å². The van der Waals surface area contributed by atoms with Crippen LogP contribution in [-0.2, 0) is 10.3 Å². The van der Waals surface area contributed by atoms with Gasteiger partial charge in [-0.2, -0.15) is 0 Å². The molecule has 0 aromatic carbocycles. The van der Waals surface area contributed by atoms with Crippen molar-refractivity contribution in [2.75, 3.05) is 0 Å². The maximum atomic E-state index is 12.1. The number of aromatic amines is 1. The molecule has 2 rings (SSSR count). The van der Waals surface area contributed by atoms with Crippen LogP contribution in [0.25, 0.3) is 0 Å². The molecular formula is C14H19N3O3. The number of aromatic nitrogens is 2. The summed E-state index contributed by atoms with van der Waals surface area (Å²) in [5.74, 6) is -0.648. The highest BCUT2D eigenvalue weighted by atomic mass is 16.4. The summed E-state index contributed by atoms with van der Waals surface area (Å²) in [6.45, 7) is 3.75. The predicted molar refractivity (Wildman–Crippen MR) is 73.3 cm³/mol. The Morgan fingerprint density at radius 1 is 1.55 bits per heavy atom. The van der Waals surface area contributed by atoms with Crippen LogP contribution in [0.4, 0.5) is 0 Å². The normalized spacial score (nSPS) is 17.4. The molecule has 0 spiro atoms. The van der Waals surface area contributed by atoms with Crippen LogP contribution in [0.1, 0.15) is 55.8 Å². The van der Waals surface area contributed by atoms with E-state index < -0.39 is 11.5 Å². The van der Waals surface area contributed by atoms with Gasteiger partial charge in [-0.15, -0.1) is 0 Å². The van der Waals surface area contributed by atoms with Crippen LogP contribution < -0.4 is 5.32 Å². The first-order chi connectivity index (χ1) is 9.48. The topological polar surface area (TPSA) is 95.1 Å². The fourth-order valence-corrected chi connectivity index (χ4v) is 2.34. The molecule has 6 nitrogen and oxygen atoms in total. The lowest BCUT2D eigenvalue weighted by molar-refractivity contribution is -0.120. The average molecular weight is 277 g/mol. The minimum atomic E-state index is -1.05. The highest BCUT2D eigenvalue weighted by Crippen LogP contribution is 2.39. The molecule has 0 unspecified atom stereocenters. The van der Waals surface area contributed by atoms with E-state index in [4.69, 9.17) is 5.11 Å². The van der Waals surface area contributed by atoms with Crippen molar-refractivity contribution in [3.05, 3.63) is 29.4 Å². The van der Waals surface area contributed by atoms with E-state index in [0.717, 1.165) is 25.7 Å². The van der Waals surface area contributed by atoms with Gasteiger partial charge >= 0.3 is 5.97 Å². The molecular weight excluding hydrogens is 258 g/mol. The minimum Gasteiger partial charge on any atom is -0.477 e. The number of rotatable bonds is 5. The Kier molecular flexibility index (Phi) is 3.92. The van der Waals surface area contributed by atoms with Crippen molar-refractivity contribution in [2.45, 2.75) is 45.1 Å². The van der Waals surface area contributed by atoms with Crippen molar-refractivity contribution < 1.29 is 14.7 Å². The molecule has 0 atom stereocenters. The van der Waals surface area contributed by atoms with E-state index in [1.807, 2.05) is 13.0 Å². The summed E-state index contributed by atoms with van der Waals surface area (Å²) in [5.41, 5.74) is 0.165. The lowest BCUT2D eigenvalue weighted by Gasteiger charge is -2.40. The highest BCUT2D eigenvalue weighted by Gasteiger charge is 2.43. The molecule has 0 aliphatic heterocycles. The number of carboxylic acids is 1. The predicted octanol–water partition coefficient (Wildman–Crippen LogP) is 1.96. The smallest absolute Gasteiger partial charge is 0.353 e. The summed E-state index contributed by atoms with van der Waals surface area (Å²) in [6.07, 6.45) is 6.48. The third-order valence-corrected chi connectivity index (χ3v) is 3.69. The number of carbonyl (C=O) groups is 2. The number of imidazole rings is 1. The lowest BCUT2D eigenvalue weighted by atomic mass is 9.76. The molecule has 1 aromatic rings. The average Bonchev–Trinajstić information content (AvgIpc) is 2.83. The van der Waals surface area contributed by atoms with Crippen LogP contribution >= 0.6 is 0 Å². The summed E-state index contributed by atoms with van der Waals surface area (Å²) < 4.78 is 0. The van der Waals surface area contributed by atoms with E-state index >= 15 is 0 Å². The fourth-order valence-electron chi connectivity index (χ4n) is 2.34. The third-order valence-electron chi connectivity index (χ3n) is 3.69. The monoisotopic (exact) mass is 277 g/mol. The first kappa shape index (κ1) is 14.3. The Bertz CT molecular complexity index is 556. The standard InChI is InChI=1S/C14H19N3O3/c1-3-5-9(2)11(18)17-14(6-4-7-14)13-15-8-10(16-13)12(19)20/h5,8H,3-4,6-7H2,1-2H3,(H,15,16)(H,17,18)(H,19,20)/b9-5+. The number of allylic oxidation sites excluding steroid dienone is 1. The van der Waals surface area contributed by atoms with Gasteiger partial charge in [-0.3, -0.25) is 4.79 Å². The molecule has 1 aromatic heterocycles. The van der Waals surface area contributed by atoms with Crippen molar-refractivity contribution >= 4 is 11.9 Å². The molecule has 1 amide bonds. The molecule has 6 heteroatoms. The molecule has 1 heterocycles. The highest BCUT2D eigenvalue weighted by molar-refractivity contribution is 5.93. The molecule has 3 N–H and O–H groups in total. The number of nitrogens with zero attached hydrogens (tertiary/aromatic N) is 1. The van der Waals surface area contributed by atoms with Crippen molar-refractivity contribution in [3.8, 4) is 0 Å². The van der Waals surface area contributed by atoms with Crippen molar-refractivity contribution in [3.63, 3.8) is 0 Å². The summed E-state index contributed by atoms with van der Waals surface area (Å²) >= 11 is 0. The second-order valence-corrected chi connectivity index (χ2v) is 5.14. The van der Waals surface area contributed by atoms with Gasteiger partial charge < -0.3 is 15.4 Å². The lowest BCUT2D eigenvalue weighted by Crippen LogP contribution is -2.51. The molecule has 108 valence electrons. The van der Waals surface area contributed by atoms with Crippen molar-refractivity contribution in [2.24, 2.45) is 0 Å². The van der Waals surface area contributed by atoms with Crippen LogP contribution in [-0.4, -0.2) is 27.0 Å². The van der Waals surface area contributed by atoms with Gasteiger partial charge in [0.05, 0.1) is 11.7 Å². The summed E-state index contributed by atoms with van der Waals surface area (Å²) in [5, 5.41) is 11.9. The second-order valence-electron chi connectivity index (χ2n) is 5.14. The Morgan fingerprint density at radius 3 is 2.70 bits per heavy atom. The van der Waals surface area contributed by atoms with Gasteiger partial charge in [0.1, 0.15) is 11.5 Å². The van der Waals surface area contributed by atoms with Crippen molar-refractivity contribution in [1.29, 1.82) is 0 Å². The van der Waals surface area contributed by atoms with Crippen molar-refractivity contribution in [1.82, 2.24) is 15.3 Å². The van der Waals surface area contributed by atoms with Gasteiger partial charge in [0.15, 0.2) is 0 Å². The third kappa shape index (κ3) is 2.59. The van der Waals surface area contributed by atoms with Gasteiger partial charge in [0.25, 0.3) is 0 Å². The Morgan fingerprint density at radius 2 is 2.25 bits per heavy atom. The maximum Gasteiger partial charge on any atom is 0.353 e. The van der Waals surface area contributed by atoms with Gasteiger partial charge in [-0.1, -0.05) is 13.0 Å². The van der Waals surface area contributed by atoms with E-state index in [-0.39, 0.29) is 11.6 Å². The van der Waals surface area contributed by atoms with Crippen LogP contribution in [0.15, 0.2) is 17.8 Å². The Balaban J connectivity index is 2.19. The first-order valence-electron chi connectivity index (χ1n) is 6.76. The number of hydrogen-bond donors (Lipinski definition) is 3. The largest absolute Gasteiger partial charge is 0.477 e. The summed E-state index contributed by atoms with van der Waals surface area (Å²) in [7, 11) is 0. The number of nitrogens with one attached hydrogen (secondary N) is 2. The second kappa shape index (κ2) is 5.48. The molecule has 1 aliphatic carbocycles. The van der Waals surface area contributed by atoms with Crippen LogP contribution in [0, 0.1) is 0 Å². The number of aromatic carboxylic acids is 1. The molecule has 1 fully saturated rings. The van der Waals surface area contributed by atoms with E-state index in [2.05, 4.69) is 15.3 Å². The Labute approximate surface area is 117 Å². The Hall–Kier alpha value is -2.11. The maximum absolute atomic E-state index is 12.1. The molecule has 1 saturated carbocycles. The molecule has 0 radical (unpaired) electrons. The van der Waals surface area contributed by atoms with E-state index in [1.54, 1.807) is 6.92 Å². The van der Waals surface area contributed by atoms with Crippen LogP contribution in [0.3, 0.4) is 0 Å². The van der Waals surface area contributed by atoms with Gasteiger partial charge in [0.2, 0.25) is 5.91 Å². The van der Waals surface area contributed by atoms with Crippen LogP contribution in [0.2, 0.25) is 0 Å². The van der Waals surface area contributed by atoms with Gasteiger partial charge in [0, 0.05) is 5.57 Å². The number of carboxylic acid groups (broad SMARTS) is 1. The number of hydrogen-bond acceptors (Lipinski definition) is 3. The minimum absolute atomic E-state index is 0.0429. The van der Waals surface area contributed by atoms with E-state index in [1.165, 1.54) is 6.20 Å². The first-order valence-corrected chi connectivity index (χ1v) is 6.76. The zero-order valence-corrected chi connectivity index (χ0v) is 11.7. The van der Waals surface area contributed by atoms with Gasteiger partial charge in [-0.05, 0) is 32.6 Å². The number of H-pyrrole nitrogens is 1. The zero-order chi connectivity index (χ0) is 14.8. The van der Waals surface area contributed by atoms with E-state index in [0.29, 0.717) is 11.4 Å². The molecule has 20 heavy (non-hydrogen) atoms. The van der Waals surface area contributed by atoms with E-state index in [9.17, 15) is 9.59 Å². The van der Waals surface area contributed by atoms with Gasteiger partial charge in [-0.25, -0.2) is 9.78 Å². The summed E-state index contributed by atoms with van der Waals surface area (Å²) in [4.78, 5) is 29.9. The SMILES string of the molecule is CC/C=C(\C)C(=O)NC1(c2ncc(C(=O)O)[nH]2)CCC1. The molecule has 0 bridgehead atoms. The number of amides is 1. The molecule has 0 saturated heterocycles. The fraction of sp³-hybridized carbons (Fsp3) is 0.500. The quantitative estimate of drug-likeness (QED) is 0.717. The zero-order valence-electron chi connectivity index (χ0n) is 11.7. The summed E-state index contributed by atoms with van der Waals surface area (Å²) in [6, 6.07) is 0. The number of carbonyl (C=O) groups excluding carboxylic acids is 1. The molecule has 1 aliphatic rings.